The van der Waals surface area contributed by atoms with Crippen molar-refractivity contribution in [1.29, 1.82) is 0 Å². The molecular weight excluding hydrogens is 309 g/mol. The second-order valence-corrected chi connectivity index (χ2v) is 6.30. The smallest absolute Gasteiger partial charge is 0.234 e. The molecule has 1 heterocycles. The zero-order valence-electron chi connectivity index (χ0n) is 9.98. The lowest BCUT2D eigenvalue weighted by Crippen LogP contribution is -2.15. The second kappa shape index (κ2) is 5.49. The van der Waals surface area contributed by atoms with Crippen molar-refractivity contribution in [3.63, 3.8) is 0 Å². The number of aryl methyl sites for hydroxylation is 1. The molecule has 0 bridgehead atoms. The Kier molecular flexibility index (Phi) is 4.13. The Labute approximate surface area is 125 Å². The Morgan fingerprint density at radius 2 is 2.00 bits per heavy atom. The average Bonchev–Trinajstić information content (AvgIpc) is 2.75. The van der Waals surface area contributed by atoms with Gasteiger partial charge in [0.2, 0.25) is 3.79 Å². The quantitative estimate of drug-likeness (QED) is 0.644. The van der Waals surface area contributed by atoms with Crippen molar-refractivity contribution in [2.24, 2.45) is 0 Å². The molecule has 0 N–H and O–H groups in total. The van der Waals surface area contributed by atoms with Gasteiger partial charge in [0.25, 0.3) is 0 Å². The van der Waals surface area contributed by atoms with Crippen molar-refractivity contribution >= 4 is 41.1 Å². The van der Waals surface area contributed by atoms with E-state index in [9.17, 15) is 4.79 Å². The van der Waals surface area contributed by atoms with E-state index in [4.69, 9.17) is 34.8 Å². The maximum atomic E-state index is 10.9. The molecule has 0 saturated heterocycles. The Hall–Kier alpha value is -1.10. The summed E-state index contributed by atoms with van der Waals surface area (Å²) in [5, 5.41) is 7.59. The Bertz CT molecular complexity index is 605. The second-order valence-electron chi connectivity index (χ2n) is 4.02. The Morgan fingerprint density at radius 1 is 1.32 bits per heavy atom. The lowest BCUT2D eigenvalue weighted by Gasteiger charge is -2.14. The van der Waals surface area contributed by atoms with E-state index in [1.54, 1.807) is 0 Å². The van der Waals surface area contributed by atoms with Crippen LogP contribution >= 0.6 is 34.8 Å². The molecule has 1 aromatic heterocycles. The van der Waals surface area contributed by atoms with Crippen LogP contribution in [0.5, 0.6) is 0 Å². The van der Waals surface area contributed by atoms with Crippen LogP contribution in [-0.4, -0.2) is 21.3 Å². The lowest BCUT2D eigenvalue weighted by atomic mass is 10.1. The minimum atomic E-state index is -1.75. The van der Waals surface area contributed by atoms with Gasteiger partial charge in [-0.2, -0.15) is 0 Å². The number of aldehydes is 1. The first-order valence-corrected chi connectivity index (χ1v) is 6.57. The summed E-state index contributed by atoms with van der Waals surface area (Å²) in [7, 11) is 0. The largest absolute Gasteiger partial charge is 0.296 e. The molecule has 0 aliphatic rings. The van der Waals surface area contributed by atoms with Crippen LogP contribution in [0.3, 0.4) is 0 Å². The van der Waals surface area contributed by atoms with E-state index in [2.05, 4.69) is 10.3 Å². The average molecular weight is 319 g/mol. The first-order valence-electron chi connectivity index (χ1n) is 5.44. The summed E-state index contributed by atoms with van der Waals surface area (Å²) >= 11 is 17.6. The topological polar surface area (TPSA) is 47.8 Å². The third-order valence-electron chi connectivity index (χ3n) is 2.72. The Morgan fingerprint density at radius 3 is 2.58 bits per heavy atom. The maximum absolute atomic E-state index is 10.9. The van der Waals surface area contributed by atoms with Gasteiger partial charge >= 0.3 is 0 Å². The number of nitrogens with zero attached hydrogens (tertiary/aromatic N) is 3. The fourth-order valence-electron chi connectivity index (χ4n) is 1.76. The van der Waals surface area contributed by atoms with Crippen LogP contribution in [0.15, 0.2) is 24.3 Å². The fourth-order valence-corrected chi connectivity index (χ4v) is 2.34. The highest BCUT2D eigenvalue weighted by molar-refractivity contribution is 6.66. The first-order chi connectivity index (χ1) is 8.93. The Balaban J connectivity index is 2.44. The molecular formula is C12H10Cl3N3O. The van der Waals surface area contributed by atoms with E-state index in [-0.39, 0.29) is 11.4 Å². The maximum Gasteiger partial charge on any atom is 0.234 e. The van der Waals surface area contributed by atoms with Gasteiger partial charge < -0.3 is 0 Å². The number of carbonyl (C=O) groups excluding carboxylic acids is 1. The van der Waals surface area contributed by atoms with Gasteiger partial charge in [0.15, 0.2) is 12.0 Å². The summed E-state index contributed by atoms with van der Waals surface area (Å²) in [5.41, 5.74) is 2.31. The third kappa shape index (κ3) is 3.08. The molecule has 0 saturated carbocycles. The van der Waals surface area contributed by atoms with E-state index in [0.29, 0.717) is 12.8 Å². The van der Waals surface area contributed by atoms with E-state index >= 15 is 0 Å². The molecule has 0 atom stereocenters. The van der Waals surface area contributed by atoms with Gasteiger partial charge in [-0.3, -0.25) is 4.79 Å². The van der Waals surface area contributed by atoms with Gasteiger partial charge in [0.1, 0.15) is 5.69 Å². The molecule has 7 heteroatoms. The SMILES string of the molecule is Cc1ccccc1Cn1nnc(C=O)c1C(Cl)(Cl)Cl. The van der Waals surface area contributed by atoms with Gasteiger partial charge in [-0.15, -0.1) is 5.10 Å². The number of aromatic nitrogens is 3. The van der Waals surface area contributed by atoms with E-state index < -0.39 is 3.79 Å². The molecule has 2 aromatic rings. The van der Waals surface area contributed by atoms with Gasteiger partial charge in [-0.25, -0.2) is 4.68 Å². The number of hydrogen-bond donors (Lipinski definition) is 0. The van der Waals surface area contributed by atoms with Gasteiger partial charge in [-0.05, 0) is 18.1 Å². The van der Waals surface area contributed by atoms with Crippen molar-refractivity contribution in [3.05, 3.63) is 46.8 Å². The number of hydrogen-bond acceptors (Lipinski definition) is 3. The summed E-state index contributed by atoms with van der Waals surface area (Å²) in [6.07, 6.45) is 0.526. The molecule has 0 aliphatic carbocycles. The number of rotatable bonds is 3. The number of alkyl halides is 3. The molecule has 0 spiro atoms. The predicted molar refractivity (Wildman–Crippen MR) is 74.9 cm³/mol. The lowest BCUT2D eigenvalue weighted by molar-refractivity contribution is 0.111. The molecule has 19 heavy (non-hydrogen) atoms. The highest BCUT2D eigenvalue weighted by atomic mass is 35.6. The highest BCUT2D eigenvalue weighted by Gasteiger charge is 2.32. The normalized spacial score (nSPS) is 11.6. The molecule has 4 nitrogen and oxygen atoms in total. The van der Waals surface area contributed by atoms with Gasteiger partial charge in [-0.1, -0.05) is 64.3 Å². The van der Waals surface area contributed by atoms with Crippen molar-refractivity contribution in [3.8, 4) is 0 Å². The van der Waals surface area contributed by atoms with Crippen LogP contribution in [0.2, 0.25) is 0 Å². The van der Waals surface area contributed by atoms with E-state index in [1.807, 2.05) is 31.2 Å². The van der Waals surface area contributed by atoms with Gasteiger partial charge in [0, 0.05) is 0 Å². The van der Waals surface area contributed by atoms with E-state index in [0.717, 1.165) is 11.1 Å². The summed E-state index contributed by atoms with van der Waals surface area (Å²) in [5.74, 6) is 0. The molecule has 0 aliphatic heterocycles. The molecule has 2 rings (SSSR count). The molecule has 100 valence electrons. The molecule has 0 radical (unpaired) electrons. The van der Waals surface area contributed by atoms with E-state index in [1.165, 1.54) is 4.68 Å². The van der Waals surface area contributed by atoms with Crippen LogP contribution in [0, 0.1) is 6.92 Å². The van der Waals surface area contributed by atoms with Crippen LogP contribution in [0.25, 0.3) is 0 Å². The van der Waals surface area contributed by atoms with Crippen molar-refractivity contribution in [2.45, 2.75) is 17.3 Å². The summed E-state index contributed by atoms with van der Waals surface area (Å²) in [6, 6.07) is 7.77. The number of benzene rings is 1. The first kappa shape index (κ1) is 14.3. The fraction of sp³-hybridized carbons (Fsp3) is 0.250. The van der Waals surface area contributed by atoms with Crippen molar-refractivity contribution in [2.75, 3.05) is 0 Å². The number of halogens is 3. The summed E-state index contributed by atoms with van der Waals surface area (Å²) in [6.45, 7) is 2.36. The van der Waals surface area contributed by atoms with Crippen molar-refractivity contribution in [1.82, 2.24) is 15.0 Å². The third-order valence-corrected chi connectivity index (χ3v) is 3.26. The van der Waals surface area contributed by atoms with Crippen LogP contribution in [0.1, 0.15) is 27.3 Å². The van der Waals surface area contributed by atoms with Crippen LogP contribution in [-0.2, 0) is 10.3 Å². The minimum Gasteiger partial charge on any atom is -0.296 e. The highest BCUT2D eigenvalue weighted by Crippen LogP contribution is 2.39. The van der Waals surface area contributed by atoms with Crippen LogP contribution in [0.4, 0.5) is 0 Å². The zero-order chi connectivity index (χ0) is 14.0. The van der Waals surface area contributed by atoms with Gasteiger partial charge in [0.05, 0.1) is 6.54 Å². The zero-order valence-corrected chi connectivity index (χ0v) is 12.2. The van der Waals surface area contributed by atoms with Crippen LogP contribution < -0.4 is 0 Å². The predicted octanol–water partition coefficient (Wildman–Crippen LogP) is 3.27. The molecule has 0 fully saturated rings. The monoisotopic (exact) mass is 317 g/mol. The van der Waals surface area contributed by atoms with Crippen molar-refractivity contribution < 1.29 is 4.79 Å². The standard InChI is InChI=1S/C12H10Cl3N3O/c1-8-4-2-3-5-9(8)6-18-11(12(13,14)15)10(7-19)16-17-18/h2-5,7H,6H2,1H3. The molecule has 0 amide bonds. The molecule has 0 unspecified atom stereocenters. The number of carbonyl (C=O) groups is 1. The molecule has 1 aromatic carbocycles. The summed E-state index contributed by atoms with van der Waals surface area (Å²) in [4.78, 5) is 10.9. The summed E-state index contributed by atoms with van der Waals surface area (Å²) < 4.78 is -0.318. The minimum absolute atomic E-state index is 0.0357.